The number of hydrogen-bond acceptors (Lipinski definition) is 2. The van der Waals surface area contributed by atoms with Crippen molar-refractivity contribution in [2.45, 2.75) is 19.3 Å². The van der Waals surface area contributed by atoms with Crippen LogP contribution in [0.1, 0.15) is 30.4 Å². The molecule has 2 heteroatoms. The molecule has 0 saturated carbocycles. The second-order valence-electron chi connectivity index (χ2n) is 6.48. The molecule has 0 radical (unpaired) electrons. The molecule has 0 aliphatic carbocycles. The van der Waals surface area contributed by atoms with Crippen LogP contribution in [-0.4, -0.2) is 31.1 Å². The molecule has 0 bridgehead atoms. The quantitative estimate of drug-likeness (QED) is 0.783. The van der Waals surface area contributed by atoms with Gasteiger partial charge in [-0.2, -0.15) is 0 Å². The third-order valence-corrected chi connectivity index (χ3v) is 4.81. The highest BCUT2D eigenvalue weighted by atomic mass is 15.2. The van der Waals surface area contributed by atoms with Crippen LogP contribution in [0.5, 0.6) is 0 Å². The summed E-state index contributed by atoms with van der Waals surface area (Å²) in [4.78, 5) is 4.95. The van der Waals surface area contributed by atoms with Crippen LogP contribution >= 0.6 is 0 Å². The Labute approximate surface area is 150 Å². The maximum absolute atomic E-state index is 3.34. The summed E-state index contributed by atoms with van der Waals surface area (Å²) in [5.74, 6) is 13.1. The number of benzene rings is 2. The minimum absolute atomic E-state index is 0.995. The lowest BCUT2D eigenvalue weighted by Gasteiger charge is -2.28. The molecule has 2 aromatic carbocycles. The second-order valence-corrected chi connectivity index (χ2v) is 6.48. The van der Waals surface area contributed by atoms with E-state index >= 15 is 0 Å². The number of para-hydroxylation sites is 2. The largest absolute Gasteiger partial charge is 0.339 e. The van der Waals surface area contributed by atoms with Crippen LogP contribution < -0.4 is 4.90 Å². The molecule has 0 aromatic heterocycles. The fourth-order valence-corrected chi connectivity index (χ4v) is 3.53. The maximum atomic E-state index is 3.34. The summed E-state index contributed by atoms with van der Waals surface area (Å²) in [5.41, 5.74) is 4.67. The molecule has 0 N–H and O–H groups in total. The van der Waals surface area contributed by atoms with E-state index in [2.05, 4.69) is 82.0 Å². The second kappa shape index (κ2) is 7.47. The van der Waals surface area contributed by atoms with Crippen molar-refractivity contribution in [2.75, 3.05) is 31.1 Å². The zero-order valence-corrected chi connectivity index (χ0v) is 14.5. The van der Waals surface area contributed by atoms with E-state index in [4.69, 9.17) is 0 Å². The summed E-state index contributed by atoms with van der Waals surface area (Å²) in [7, 11) is 0. The van der Waals surface area contributed by atoms with Crippen molar-refractivity contribution in [1.29, 1.82) is 0 Å². The van der Waals surface area contributed by atoms with E-state index in [1.165, 1.54) is 11.4 Å². The summed E-state index contributed by atoms with van der Waals surface area (Å²) >= 11 is 0. The molecule has 2 aliphatic rings. The van der Waals surface area contributed by atoms with Gasteiger partial charge in [0, 0.05) is 43.6 Å². The first-order valence-corrected chi connectivity index (χ1v) is 9.07. The fraction of sp³-hybridized carbons (Fsp3) is 0.304. The zero-order valence-electron chi connectivity index (χ0n) is 14.5. The van der Waals surface area contributed by atoms with Crippen LogP contribution in [0.4, 0.5) is 11.4 Å². The average molecular weight is 326 g/mol. The number of fused-ring (bicyclic) bond motifs is 2. The summed E-state index contributed by atoms with van der Waals surface area (Å²) in [6.45, 7) is 4.31. The van der Waals surface area contributed by atoms with Crippen LogP contribution in [-0.2, 0) is 0 Å². The van der Waals surface area contributed by atoms with Crippen molar-refractivity contribution in [1.82, 2.24) is 4.90 Å². The third-order valence-electron chi connectivity index (χ3n) is 4.81. The highest BCUT2D eigenvalue weighted by Crippen LogP contribution is 2.32. The molecule has 0 saturated heterocycles. The monoisotopic (exact) mass is 326 g/mol. The number of nitrogens with zero attached hydrogens (tertiary/aromatic N) is 2. The normalized spacial score (nSPS) is 15.6. The topological polar surface area (TPSA) is 6.48 Å². The molecule has 0 amide bonds. The van der Waals surface area contributed by atoms with E-state index in [9.17, 15) is 0 Å². The number of rotatable bonds is 4. The smallest absolute Gasteiger partial charge is 0.0570 e. The Morgan fingerprint density at radius 3 is 1.88 bits per heavy atom. The lowest BCUT2D eigenvalue weighted by Crippen LogP contribution is -2.29. The van der Waals surface area contributed by atoms with Gasteiger partial charge >= 0.3 is 0 Å². The standard InChI is InChI=1S/C23H22N2/c1-2-8-17-24(16-7-1)18-9-19-25-22-12-5-3-10-20(22)14-15-21-11-4-6-13-23(21)25/h3-6,10-13H,7-9,16-19H2. The summed E-state index contributed by atoms with van der Waals surface area (Å²) in [6.07, 6.45) is 3.13. The van der Waals surface area contributed by atoms with Gasteiger partial charge in [-0.25, -0.2) is 0 Å². The average Bonchev–Trinajstić information content (AvgIpc) is 3.00. The van der Waals surface area contributed by atoms with E-state index in [0.717, 1.165) is 56.6 Å². The van der Waals surface area contributed by atoms with Crippen molar-refractivity contribution >= 4 is 11.4 Å². The fourth-order valence-electron chi connectivity index (χ4n) is 3.53. The van der Waals surface area contributed by atoms with Crippen LogP contribution in [0, 0.1) is 23.7 Å². The lowest BCUT2D eigenvalue weighted by molar-refractivity contribution is 0.288. The predicted molar refractivity (Wildman–Crippen MR) is 104 cm³/mol. The number of anilines is 2. The van der Waals surface area contributed by atoms with Crippen LogP contribution in [0.25, 0.3) is 0 Å². The first-order chi connectivity index (χ1) is 12.4. The Bertz CT molecular complexity index is 812. The molecule has 0 fully saturated rings. The number of hydrogen-bond donors (Lipinski definition) is 0. The van der Waals surface area contributed by atoms with Gasteiger partial charge in [-0.1, -0.05) is 36.1 Å². The molecular weight excluding hydrogens is 304 g/mol. The Morgan fingerprint density at radius 2 is 1.28 bits per heavy atom. The minimum Gasteiger partial charge on any atom is -0.339 e. The van der Waals surface area contributed by atoms with E-state index in [1.807, 2.05) is 0 Å². The van der Waals surface area contributed by atoms with Gasteiger partial charge < -0.3 is 9.80 Å². The summed E-state index contributed by atoms with van der Waals surface area (Å²) in [6, 6.07) is 17.0. The third kappa shape index (κ3) is 3.55. The highest BCUT2D eigenvalue weighted by molar-refractivity contribution is 5.77. The Balaban J connectivity index is 1.53. The molecular formula is C23H22N2. The molecule has 2 nitrogen and oxygen atoms in total. The van der Waals surface area contributed by atoms with Gasteiger partial charge in [0.05, 0.1) is 11.4 Å². The molecule has 2 heterocycles. The van der Waals surface area contributed by atoms with E-state index in [1.54, 1.807) is 0 Å². The van der Waals surface area contributed by atoms with Crippen molar-refractivity contribution < 1.29 is 0 Å². The van der Waals surface area contributed by atoms with Crippen molar-refractivity contribution in [3.8, 4) is 23.7 Å². The first kappa shape index (κ1) is 15.8. The van der Waals surface area contributed by atoms with Crippen LogP contribution in [0.3, 0.4) is 0 Å². The lowest BCUT2D eigenvalue weighted by atomic mass is 10.1. The molecule has 0 unspecified atom stereocenters. The van der Waals surface area contributed by atoms with Gasteiger partial charge in [0.15, 0.2) is 0 Å². The maximum Gasteiger partial charge on any atom is 0.0570 e. The Kier molecular flexibility index (Phi) is 4.73. The first-order valence-electron chi connectivity index (χ1n) is 9.07. The van der Waals surface area contributed by atoms with Gasteiger partial charge in [-0.3, -0.25) is 0 Å². The van der Waals surface area contributed by atoms with Gasteiger partial charge in [0.2, 0.25) is 0 Å². The van der Waals surface area contributed by atoms with Crippen LogP contribution in [0.15, 0.2) is 48.5 Å². The molecule has 0 atom stereocenters. The molecule has 2 aliphatic heterocycles. The highest BCUT2D eigenvalue weighted by Gasteiger charge is 2.17. The van der Waals surface area contributed by atoms with E-state index < -0.39 is 0 Å². The van der Waals surface area contributed by atoms with Gasteiger partial charge in [-0.05, 0) is 37.2 Å². The zero-order chi connectivity index (χ0) is 16.9. The Morgan fingerprint density at radius 1 is 0.720 bits per heavy atom. The van der Waals surface area contributed by atoms with Crippen molar-refractivity contribution in [3.63, 3.8) is 0 Å². The van der Waals surface area contributed by atoms with E-state index in [0.29, 0.717) is 0 Å². The molecule has 4 rings (SSSR count). The predicted octanol–water partition coefficient (Wildman–Crippen LogP) is 4.03. The minimum atomic E-state index is 0.995. The molecule has 0 spiro atoms. The molecule has 25 heavy (non-hydrogen) atoms. The van der Waals surface area contributed by atoms with Crippen molar-refractivity contribution in [2.24, 2.45) is 0 Å². The summed E-state index contributed by atoms with van der Waals surface area (Å²) in [5, 5.41) is 0. The Hall–Kier alpha value is -2.68. The van der Waals surface area contributed by atoms with Gasteiger partial charge in [-0.15, -0.1) is 11.8 Å². The van der Waals surface area contributed by atoms with Crippen LogP contribution in [0.2, 0.25) is 0 Å². The van der Waals surface area contributed by atoms with Crippen molar-refractivity contribution in [3.05, 3.63) is 59.7 Å². The molecule has 2 aromatic rings. The summed E-state index contributed by atoms with van der Waals surface area (Å²) < 4.78 is 0. The van der Waals surface area contributed by atoms with E-state index in [-0.39, 0.29) is 0 Å². The van der Waals surface area contributed by atoms with Gasteiger partial charge in [0.1, 0.15) is 0 Å². The molecule has 124 valence electrons. The van der Waals surface area contributed by atoms with Gasteiger partial charge in [0.25, 0.3) is 0 Å². The SMILES string of the molecule is C1#CCCN(CCCN2c3ccccc3C#Cc3ccccc32)CC1.